The van der Waals surface area contributed by atoms with Gasteiger partial charge in [0.05, 0.1) is 12.6 Å². The summed E-state index contributed by atoms with van der Waals surface area (Å²) in [4.78, 5) is 17.3. The van der Waals surface area contributed by atoms with Gasteiger partial charge in [-0.1, -0.05) is 19.4 Å². The number of benzene rings is 1. The van der Waals surface area contributed by atoms with E-state index < -0.39 is 0 Å². The lowest BCUT2D eigenvalue weighted by Gasteiger charge is -2.25. The van der Waals surface area contributed by atoms with Crippen LogP contribution in [-0.4, -0.2) is 31.8 Å². The smallest absolute Gasteiger partial charge is 0.251 e. The van der Waals surface area contributed by atoms with Crippen molar-refractivity contribution in [2.75, 3.05) is 13.7 Å². The summed E-state index contributed by atoms with van der Waals surface area (Å²) >= 11 is 0. The van der Waals surface area contributed by atoms with Gasteiger partial charge >= 0.3 is 0 Å². The predicted octanol–water partition coefficient (Wildman–Crippen LogP) is 4.89. The molecule has 1 aromatic rings. The average molecular weight is 453 g/mol. The number of nitrogens with one attached hydrogen (secondary N) is 2. The number of nitrogens with zero attached hydrogens (tertiary/aromatic N) is 1. The maximum Gasteiger partial charge on any atom is 0.251 e. The van der Waals surface area contributed by atoms with Gasteiger partial charge in [-0.2, -0.15) is 0 Å². The summed E-state index contributed by atoms with van der Waals surface area (Å²) in [6.07, 6.45) is 7.06. The van der Waals surface area contributed by atoms with Gasteiger partial charge in [0, 0.05) is 42.3 Å². The van der Waals surface area contributed by atoms with E-state index in [9.17, 15) is 4.79 Å². The van der Waals surface area contributed by atoms with Crippen molar-refractivity contribution in [3.8, 4) is 5.75 Å². The number of amides is 1. The first-order chi connectivity index (χ1) is 15.7. The normalized spacial score (nSPS) is 16.6. The third-order valence-corrected chi connectivity index (χ3v) is 6.07. The molecule has 0 aliphatic heterocycles. The number of aliphatic imine (C=N–C) groups is 1. The van der Waals surface area contributed by atoms with Crippen molar-refractivity contribution in [1.82, 2.24) is 10.6 Å². The molecular formula is C27H40N4O2. The maximum atomic E-state index is 13.2. The van der Waals surface area contributed by atoms with Gasteiger partial charge in [0.25, 0.3) is 5.91 Å². The van der Waals surface area contributed by atoms with Gasteiger partial charge in [-0.15, -0.1) is 0 Å². The molecule has 0 saturated carbocycles. The van der Waals surface area contributed by atoms with Crippen LogP contribution in [0.3, 0.4) is 0 Å². The van der Waals surface area contributed by atoms with Gasteiger partial charge in [0.15, 0.2) is 0 Å². The second kappa shape index (κ2) is 12.3. The largest absolute Gasteiger partial charge is 0.494 e. The number of allylic oxidation sites excluding steroid dienone is 3. The zero-order valence-electron chi connectivity index (χ0n) is 21.2. The Labute approximate surface area is 199 Å². The van der Waals surface area contributed by atoms with E-state index in [0.29, 0.717) is 18.6 Å². The first-order valence-electron chi connectivity index (χ1n) is 11.8. The monoisotopic (exact) mass is 452 g/mol. The third kappa shape index (κ3) is 7.24. The van der Waals surface area contributed by atoms with Crippen molar-refractivity contribution in [2.24, 2.45) is 16.6 Å². The van der Waals surface area contributed by atoms with Gasteiger partial charge in [0.2, 0.25) is 0 Å². The zero-order valence-corrected chi connectivity index (χ0v) is 21.2. The van der Waals surface area contributed by atoms with Crippen LogP contribution in [0.15, 0.2) is 52.3 Å². The molecule has 0 spiro atoms. The minimum absolute atomic E-state index is 0.0655. The highest BCUT2D eigenvalue weighted by molar-refractivity contribution is 6.09. The van der Waals surface area contributed by atoms with Crippen molar-refractivity contribution in [3.05, 3.63) is 58.4 Å². The first kappa shape index (κ1) is 26.2. The molecule has 33 heavy (non-hydrogen) atoms. The molecule has 0 fully saturated rings. The molecule has 1 aromatic carbocycles. The van der Waals surface area contributed by atoms with Gasteiger partial charge in [-0.3, -0.25) is 9.79 Å². The second-order valence-corrected chi connectivity index (χ2v) is 8.97. The lowest BCUT2D eigenvalue weighted by molar-refractivity contribution is -0.117. The zero-order chi connectivity index (χ0) is 24.5. The lowest BCUT2D eigenvalue weighted by Crippen LogP contribution is -2.33. The molecule has 4 N–H and O–H groups in total. The van der Waals surface area contributed by atoms with Crippen LogP contribution in [0.4, 0.5) is 0 Å². The number of hydrogen-bond acceptors (Lipinski definition) is 5. The van der Waals surface area contributed by atoms with Crippen LogP contribution in [0.1, 0.15) is 71.6 Å². The standard InChI is InChI=1S/C27H40N4O2/c1-8-33-25-12-21(11-22(13-25)23(15-28)16-29-7)20(6)31-27(32)26-14-24(10-9-18(26)4)30-19(5)17(2)3/h11-17,19-20,30H,8-10,28H2,1-7H3,(H,31,32)/b23-15+,29-16?/t19-,20-/m1/s1. The van der Waals surface area contributed by atoms with Gasteiger partial charge < -0.3 is 21.1 Å². The van der Waals surface area contributed by atoms with E-state index in [1.165, 1.54) is 6.20 Å². The molecule has 1 aliphatic carbocycles. The Morgan fingerprint density at radius 1 is 1.21 bits per heavy atom. The fourth-order valence-electron chi connectivity index (χ4n) is 3.66. The fourth-order valence-corrected chi connectivity index (χ4v) is 3.66. The Balaban J connectivity index is 2.27. The molecule has 1 amide bonds. The van der Waals surface area contributed by atoms with Crippen LogP contribution in [0.5, 0.6) is 5.75 Å². The summed E-state index contributed by atoms with van der Waals surface area (Å²) in [6, 6.07) is 6.06. The molecule has 2 rings (SSSR count). The Bertz CT molecular complexity index is 957. The first-order valence-corrected chi connectivity index (χ1v) is 11.8. The number of carbonyl (C=O) groups excluding carboxylic acids is 1. The van der Waals surface area contributed by atoms with Crippen molar-refractivity contribution in [1.29, 1.82) is 0 Å². The van der Waals surface area contributed by atoms with Crippen LogP contribution >= 0.6 is 0 Å². The van der Waals surface area contributed by atoms with E-state index in [-0.39, 0.29) is 11.9 Å². The molecule has 6 nitrogen and oxygen atoms in total. The Hall–Kier alpha value is -3.02. The molecule has 1 aliphatic rings. The molecule has 0 bridgehead atoms. The molecule has 0 radical (unpaired) electrons. The molecule has 0 heterocycles. The van der Waals surface area contributed by atoms with Gasteiger partial charge in [-0.25, -0.2) is 0 Å². The third-order valence-electron chi connectivity index (χ3n) is 6.07. The van der Waals surface area contributed by atoms with E-state index in [1.54, 1.807) is 13.3 Å². The average Bonchev–Trinajstić information content (AvgIpc) is 2.78. The lowest BCUT2D eigenvalue weighted by atomic mass is 9.94. The molecule has 6 heteroatoms. The number of hydrogen-bond donors (Lipinski definition) is 3. The summed E-state index contributed by atoms with van der Waals surface area (Å²) < 4.78 is 5.77. The summed E-state index contributed by atoms with van der Waals surface area (Å²) in [5.41, 5.74) is 11.4. The van der Waals surface area contributed by atoms with Gasteiger partial charge in [-0.05, 0) is 81.9 Å². The highest BCUT2D eigenvalue weighted by atomic mass is 16.5. The SMILES string of the molecule is CCOc1cc(/C(C=NC)=C/N)cc([C@@H](C)NC(=O)C2=C(C)CCC(N[C@H](C)C(C)C)=C2)c1. The summed E-state index contributed by atoms with van der Waals surface area (Å²) in [6.45, 7) is 13.1. The maximum absolute atomic E-state index is 13.2. The summed E-state index contributed by atoms with van der Waals surface area (Å²) in [5, 5.41) is 6.74. The number of carbonyl (C=O) groups is 1. The van der Waals surface area contributed by atoms with Crippen LogP contribution in [0.25, 0.3) is 5.57 Å². The van der Waals surface area contributed by atoms with Crippen molar-refractivity contribution >= 4 is 17.7 Å². The minimum atomic E-state index is -0.212. The van der Waals surface area contributed by atoms with Crippen LogP contribution in [0, 0.1) is 5.92 Å². The Kier molecular flexibility index (Phi) is 9.76. The predicted molar refractivity (Wildman–Crippen MR) is 138 cm³/mol. The van der Waals surface area contributed by atoms with E-state index in [0.717, 1.165) is 52.1 Å². The Morgan fingerprint density at radius 2 is 1.94 bits per heavy atom. The van der Waals surface area contributed by atoms with Crippen molar-refractivity contribution in [3.63, 3.8) is 0 Å². The molecule has 0 aromatic heterocycles. The summed E-state index contributed by atoms with van der Waals surface area (Å²) in [5.74, 6) is 1.19. The minimum Gasteiger partial charge on any atom is -0.494 e. The molecule has 180 valence electrons. The fraction of sp³-hybridized carbons (Fsp3) is 0.481. The number of ether oxygens (including phenoxy) is 1. The quantitative estimate of drug-likeness (QED) is 0.441. The van der Waals surface area contributed by atoms with Crippen molar-refractivity contribution < 1.29 is 9.53 Å². The van der Waals surface area contributed by atoms with E-state index >= 15 is 0 Å². The highest BCUT2D eigenvalue weighted by Crippen LogP contribution is 2.28. The van der Waals surface area contributed by atoms with Crippen LogP contribution in [0.2, 0.25) is 0 Å². The number of nitrogens with two attached hydrogens (primary N) is 1. The van der Waals surface area contributed by atoms with Crippen LogP contribution < -0.4 is 21.1 Å². The molecule has 0 unspecified atom stereocenters. The molecular weight excluding hydrogens is 412 g/mol. The van der Waals surface area contributed by atoms with E-state index in [4.69, 9.17) is 10.5 Å². The number of rotatable bonds is 10. The van der Waals surface area contributed by atoms with Crippen LogP contribution in [-0.2, 0) is 4.79 Å². The Morgan fingerprint density at radius 3 is 2.55 bits per heavy atom. The van der Waals surface area contributed by atoms with Crippen molar-refractivity contribution in [2.45, 2.75) is 66.5 Å². The topological polar surface area (TPSA) is 88.7 Å². The van der Waals surface area contributed by atoms with Gasteiger partial charge in [0.1, 0.15) is 5.75 Å². The second-order valence-electron chi connectivity index (χ2n) is 8.97. The van der Waals surface area contributed by atoms with E-state index in [1.807, 2.05) is 45.0 Å². The molecule has 0 saturated heterocycles. The summed E-state index contributed by atoms with van der Waals surface area (Å²) in [7, 11) is 1.71. The molecule has 2 atom stereocenters. The highest BCUT2D eigenvalue weighted by Gasteiger charge is 2.21. The van der Waals surface area contributed by atoms with E-state index in [2.05, 4.69) is 36.4 Å².